The molecule has 2 nitrogen and oxygen atoms in total. The van der Waals surface area contributed by atoms with Crippen molar-refractivity contribution >= 4 is 11.8 Å². The Hall–Kier alpha value is -2.23. The molecule has 0 N–H and O–H groups in total. The lowest BCUT2D eigenvalue weighted by Crippen LogP contribution is -2.24. The van der Waals surface area contributed by atoms with E-state index in [0.29, 0.717) is 19.8 Å². The first kappa shape index (κ1) is 21.5. The lowest BCUT2D eigenvalue weighted by atomic mass is 9.85. The molecule has 0 radical (unpaired) electrons. The van der Waals surface area contributed by atoms with Crippen LogP contribution in [0.15, 0.2) is 82.6 Å². The molecule has 0 bridgehead atoms. The molecule has 0 saturated carbocycles. The molecule has 152 valence electrons. The standard InChI is InChI=1S/C26H30O2S/c1-5-28-24-15-14-22(17-25(24)29-23-12-7-6-8-13-23)26(3,4)19-27-18-21-11-9-10-20(2)16-21/h6-17H,5,18-19H2,1-4H3. The molecule has 0 amide bonds. The normalized spacial score (nSPS) is 11.4. The topological polar surface area (TPSA) is 18.5 Å². The molecule has 3 aromatic rings. The molecule has 0 aliphatic carbocycles. The van der Waals surface area contributed by atoms with Crippen molar-refractivity contribution in [2.75, 3.05) is 13.2 Å². The van der Waals surface area contributed by atoms with Crippen LogP contribution in [0.3, 0.4) is 0 Å². The minimum Gasteiger partial charge on any atom is -0.493 e. The quantitative estimate of drug-likeness (QED) is 0.380. The molecule has 0 aliphatic heterocycles. The van der Waals surface area contributed by atoms with Crippen molar-refractivity contribution in [1.82, 2.24) is 0 Å². The Morgan fingerprint density at radius 1 is 0.897 bits per heavy atom. The van der Waals surface area contributed by atoms with Crippen LogP contribution in [-0.4, -0.2) is 13.2 Å². The Kier molecular flexibility index (Phi) is 7.40. The Labute approximate surface area is 179 Å². The van der Waals surface area contributed by atoms with Crippen LogP contribution >= 0.6 is 11.8 Å². The van der Waals surface area contributed by atoms with Crippen LogP contribution in [0.4, 0.5) is 0 Å². The van der Waals surface area contributed by atoms with E-state index in [0.717, 1.165) is 10.6 Å². The van der Waals surface area contributed by atoms with E-state index in [4.69, 9.17) is 9.47 Å². The van der Waals surface area contributed by atoms with E-state index in [1.807, 2.05) is 13.0 Å². The zero-order valence-electron chi connectivity index (χ0n) is 17.8. The molecule has 0 unspecified atom stereocenters. The Morgan fingerprint density at radius 2 is 1.69 bits per heavy atom. The maximum absolute atomic E-state index is 6.09. The highest BCUT2D eigenvalue weighted by Gasteiger charge is 2.23. The summed E-state index contributed by atoms with van der Waals surface area (Å²) in [5.74, 6) is 0.932. The molecule has 0 fully saturated rings. The molecule has 0 saturated heterocycles. The smallest absolute Gasteiger partial charge is 0.133 e. The molecule has 0 heterocycles. The van der Waals surface area contributed by atoms with E-state index in [1.165, 1.54) is 21.6 Å². The molecule has 0 atom stereocenters. The van der Waals surface area contributed by atoms with Gasteiger partial charge in [-0.25, -0.2) is 0 Å². The van der Waals surface area contributed by atoms with Crippen LogP contribution < -0.4 is 4.74 Å². The fourth-order valence-electron chi connectivity index (χ4n) is 3.21. The van der Waals surface area contributed by atoms with Crippen LogP contribution in [0, 0.1) is 6.92 Å². The number of benzene rings is 3. The molecule has 29 heavy (non-hydrogen) atoms. The van der Waals surface area contributed by atoms with Crippen LogP contribution in [0.2, 0.25) is 0 Å². The van der Waals surface area contributed by atoms with Gasteiger partial charge < -0.3 is 9.47 Å². The van der Waals surface area contributed by atoms with Crippen molar-refractivity contribution in [3.05, 3.63) is 89.5 Å². The van der Waals surface area contributed by atoms with Gasteiger partial charge in [0.1, 0.15) is 5.75 Å². The maximum Gasteiger partial charge on any atom is 0.133 e. The summed E-state index contributed by atoms with van der Waals surface area (Å²) in [7, 11) is 0. The third-order valence-electron chi connectivity index (χ3n) is 4.81. The van der Waals surface area contributed by atoms with E-state index in [9.17, 15) is 0 Å². The first-order valence-corrected chi connectivity index (χ1v) is 10.9. The van der Waals surface area contributed by atoms with E-state index >= 15 is 0 Å². The third kappa shape index (κ3) is 6.12. The number of hydrogen-bond donors (Lipinski definition) is 0. The summed E-state index contributed by atoms with van der Waals surface area (Å²) in [6, 6.07) is 25.4. The van der Waals surface area contributed by atoms with Crippen molar-refractivity contribution in [1.29, 1.82) is 0 Å². The minimum atomic E-state index is -0.0967. The second kappa shape index (κ2) is 10.00. The largest absolute Gasteiger partial charge is 0.493 e. The zero-order valence-corrected chi connectivity index (χ0v) is 18.6. The second-order valence-corrected chi connectivity index (χ2v) is 8.99. The first-order valence-electron chi connectivity index (χ1n) is 10.1. The van der Waals surface area contributed by atoms with Crippen LogP contribution in [0.1, 0.15) is 37.5 Å². The molecule has 3 heteroatoms. The summed E-state index contributed by atoms with van der Waals surface area (Å²) in [6.45, 7) is 10.5. The van der Waals surface area contributed by atoms with Crippen LogP contribution in [-0.2, 0) is 16.8 Å². The fourth-order valence-corrected chi connectivity index (χ4v) is 4.17. The van der Waals surface area contributed by atoms with Crippen molar-refractivity contribution in [2.45, 2.75) is 49.5 Å². The fraction of sp³-hybridized carbons (Fsp3) is 0.308. The summed E-state index contributed by atoms with van der Waals surface area (Å²) in [5.41, 5.74) is 3.64. The molecule has 3 aromatic carbocycles. The number of hydrogen-bond acceptors (Lipinski definition) is 3. The van der Waals surface area contributed by atoms with E-state index in [-0.39, 0.29) is 5.41 Å². The minimum absolute atomic E-state index is 0.0967. The molecular formula is C26H30O2S. The van der Waals surface area contributed by atoms with Gasteiger partial charge in [-0.05, 0) is 49.2 Å². The van der Waals surface area contributed by atoms with Crippen molar-refractivity contribution < 1.29 is 9.47 Å². The van der Waals surface area contributed by atoms with Crippen molar-refractivity contribution in [2.24, 2.45) is 0 Å². The monoisotopic (exact) mass is 406 g/mol. The SMILES string of the molecule is CCOc1ccc(C(C)(C)COCc2cccc(C)c2)cc1Sc1ccccc1. The zero-order chi connectivity index (χ0) is 20.7. The predicted octanol–water partition coefficient (Wildman–Crippen LogP) is 7.04. The van der Waals surface area contributed by atoms with Crippen molar-refractivity contribution in [3.63, 3.8) is 0 Å². The van der Waals surface area contributed by atoms with Crippen molar-refractivity contribution in [3.8, 4) is 5.75 Å². The maximum atomic E-state index is 6.09. The summed E-state index contributed by atoms with van der Waals surface area (Å²) in [4.78, 5) is 2.35. The predicted molar refractivity (Wildman–Crippen MR) is 122 cm³/mol. The highest BCUT2D eigenvalue weighted by atomic mass is 32.2. The van der Waals surface area contributed by atoms with Gasteiger partial charge in [0.25, 0.3) is 0 Å². The first-order chi connectivity index (χ1) is 14.0. The van der Waals surface area contributed by atoms with Gasteiger partial charge in [0, 0.05) is 10.3 Å². The Balaban J connectivity index is 1.74. The van der Waals surface area contributed by atoms with Gasteiger partial charge in [-0.1, -0.05) is 79.7 Å². The Morgan fingerprint density at radius 3 is 2.41 bits per heavy atom. The van der Waals surface area contributed by atoms with Gasteiger partial charge in [0.15, 0.2) is 0 Å². The number of rotatable bonds is 9. The summed E-state index contributed by atoms with van der Waals surface area (Å²) in [6.07, 6.45) is 0. The molecule has 0 spiro atoms. The van der Waals surface area contributed by atoms with Gasteiger partial charge in [0.2, 0.25) is 0 Å². The molecular weight excluding hydrogens is 376 g/mol. The average molecular weight is 407 g/mol. The lowest BCUT2D eigenvalue weighted by Gasteiger charge is -2.26. The van der Waals surface area contributed by atoms with Gasteiger partial charge in [-0.3, -0.25) is 0 Å². The Bertz CT molecular complexity index is 919. The highest BCUT2D eigenvalue weighted by molar-refractivity contribution is 7.99. The van der Waals surface area contributed by atoms with E-state index in [1.54, 1.807) is 11.8 Å². The van der Waals surface area contributed by atoms with E-state index in [2.05, 4.69) is 87.5 Å². The summed E-state index contributed by atoms with van der Waals surface area (Å²) >= 11 is 1.74. The average Bonchev–Trinajstić information content (AvgIpc) is 2.70. The number of ether oxygens (including phenoxy) is 2. The van der Waals surface area contributed by atoms with Gasteiger partial charge >= 0.3 is 0 Å². The summed E-state index contributed by atoms with van der Waals surface area (Å²) < 4.78 is 12.0. The van der Waals surface area contributed by atoms with Gasteiger partial charge in [-0.15, -0.1) is 0 Å². The lowest BCUT2D eigenvalue weighted by molar-refractivity contribution is 0.0824. The summed E-state index contributed by atoms with van der Waals surface area (Å²) in [5, 5.41) is 0. The van der Waals surface area contributed by atoms with Crippen LogP contribution in [0.5, 0.6) is 5.75 Å². The van der Waals surface area contributed by atoms with Crippen LogP contribution in [0.25, 0.3) is 0 Å². The van der Waals surface area contributed by atoms with Gasteiger partial charge in [0.05, 0.1) is 24.7 Å². The number of aryl methyl sites for hydroxylation is 1. The molecule has 0 aliphatic rings. The molecule has 3 rings (SSSR count). The van der Waals surface area contributed by atoms with Gasteiger partial charge in [-0.2, -0.15) is 0 Å². The highest BCUT2D eigenvalue weighted by Crippen LogP contribution is 2.38. The molecule has 0 aromatic heterocycles. The van der Waals surface area contributed by atoms with E-state index < -0.39 is 0 Å². The third-order valence-corrected chi connectivity index (χ3v) is 5.86. The second-order valence-electron chi connectivity index (χ2n) is 7.88.